The van der Waals surface area contributed by atoms with E-state index in [-0.39, 0.29) is 11.3 Å². The van der Waals surface area contributed by atoms with E-state index in [1.807, 2.05) is 19.1 Å². The molecule has 0 saturated heterocycles. The van der Waals surface area contributed by atoms with Gasteiger partial charge in [-0.25, -0.2) is 4.79 Å². The van der Waals surface area contributed by atoms with E-state index in [2.05, 4.69) is 21.2 Å². The van der Waals surface area contributed by atoms with Gasteiger partial charge in [0.1, 0.15) is 0 Å². The summed E-state index contributed by atoms with van der Waals surface area (Å²) in [6, 6.07) is 9.95. The highest BCUT2D eigenvalue weighted by atomic mass is 79.9. The second-order valence-electron chi connectivity index (χ2n) is 5.25. The zero-order valence-electron chi connectivity index (χ0n) is 13.1. The number of nitrogen functional groups attached to an aromatic ring is 1. The molecule has 3 N–H and O–H groups in total. The van der Waals surface area contributed by atoms with Gasteiger partial charge in [-0.05, 0) is 65.7 Å². The van der Waals surface area contributed by atoms with Crippen LogP contribution in [0.1, 0.15) is 22.8 Å². The van der Waals surface area contributed by atoms with Crippen molar-refractivity contribution in [2.75, 3.05) is 11.1 Å². The first-order chi connectivity index (χ1) is 11.3. The molecule has 0 spiro atoms. The van der Waals surface area contributed by atoms with Gasteiger partial charge in [0.15, 0.2) is 6.10 Å². The zero-order valence-corrected chi connectivity index (χ0v) is 15.4. The SMILES string of the molecule is Cc1ccc(NC(=O)[C@H](C)OC(=O)c2ccc(Cl)cc2N)c(Br)c1. The van der Waals surface area contributed by atoms with Crippen molar-refractivity contribution >= 4 is 50.8 Å². The normalized spacial score (nSPS) is 11.7. The molecule has 0 aliphatic rings. The fraction of sp³-hybridized carbons (Fsp3) is 0.176. The van der Waals surface area contributed by atoms with Crippen molar-refractivity contribution in [2.45, 2.75) is 20.0 Å². The first-order valence-corrected chi connectivity index (χ1v) is 8.28. The maximum absolute atomic E-state index is 12.2. The standard InChI is InChI=1S/C17H16BrClN2O3/c1-9-3-6-15(13(18)7-9)21-16(22)10(2)24-17(23)12-5-4-11(19)8-14(12)20/h3-8,10H,20H2,1-2H3,(H,21,22)/t10-/m0/s1. The van der Waals surface area contributed by atoms with Gasteiger partial charge in [-0.1, -0.05) is 17.7 Å². The number of carbonyl (C=O) groups excluding carboxylic acids is 2. The van der Waals surface area contributed by atoms with Gasteiger partial charge in [0.25, 0.3) is 5.91 Å². The van der Waals surface area contributed by atoms with Crippen LogP contribution in [-0.4, -0.2) is 18.0 Å². The molecule has 24 heavy (non-hydrogen) atoms. The Morgan fingerprint density at radius 1 is 1.25 bits per heavy atom. The van der Waals surface area contributed by atoms with Crippen LogP contribution in [-0.2, 0) is 9.53 Å². The number of esters is 1. The highest BCUT2D eigenvalue weighted by molar-refractivity contribution is 9.10. The van der Waals surface area contributed by atoms with E-state index in [0.29, 0.717) is 10.7 Å². The summed E-state index contributed by atoms with van der Waals surface area (Å²) in [5, 5.41) is 3.12. The quantitative estimate of drug-likeness (QED) is 0.584. The molecule has 5 nitrogen and oxygen atoms in total. The molecule has 0 saturated carbocycles. The molecule has 0 aliphatic carbocycles. The van der Waals surface area contributed by atoms with Crippen LogP contribution in [0.2, 0.25) is 5.02 Å². The second kappa shape index (κ2) is 7.68. The van der Waals surface area contributed by atoms with E-state index in [9.17, 15) is 9.59 Å². The van der Waals surface area contributed by atoms with Crippen LogP contribution in [0, 0.1) is 6.92 Å². The number of nitrogens with two attached hydrogens (primary N) is 1. The van der Waals surface area contributed by atoms with Gasteiger partial charge in [-0.3, -0.25) is 4.79 Å². The Kier molecular flexibility index (Phi) is 5.85. The summed E-state index contributed by atoms with van der Waals surface area (Å²) in [5.74, 6) is -1.13. The fourth-order valence-corrected chi connectivity index (χ4v) is 2.73. The minimum atomic E-state index is -0.985. The predicted octanol–water partition coefficient (Wildman–Crippen LogP) is 4.18. The highest BCUT2D eigenvalue weighted by Crippen LogP contribution is 2.24. The van der Waals surface area contributed by atoms with Crippen molar-refractivity contribution in [1.29, 1.82) is 0 Å². The molecule has 0 unspecified atom stereocenters. The first kappa shape index (κ1) is 18.3. The third-order valence-corrected chi connectivity index (χ3v) is 4.16. The average Bonchev–Trinajstić information content (AvgIpc) is 2.49. The molecular weight excluding hydrogens is 396 g/mol. The molecule has 126 valence electrons. The Morgan fingerprint density at radius 3 is 2.58 bits per heavy atom. The number of nitrogens with one attached hydrogen (secondary N) is 1. The van der Waals surface area contributed by atoms with Crippen molar-refractivity contribution in [3.63, 3.8) is 0 Å². The molecule has 0 fully saturated rings. The van der Waals surface area contributed by atoms with E-state index in [4.69, 9.17) is 22.1 Å². The maximum Gasteiger partial charge on any atom is 0.341 e. The summed E-state index contributed by atoms with van der Waals surface area (Å²) in [5.41, 5.74) is 7.75. The van der Waals surface area contributed by atoms with Crippen LogP contribution >= 0.6 is 27.5 Å². The number of anilines is 2. The largest absolute Gasteiger partial charge is 0.449 e. The lowest BCUT2D eigenvalue weighted by molar-refractivity contribution is -0.123. The Hall–Kier alpha value is -2.05. The summed E-state index contributed by atoms with van der Waals surface area (Å²) in [6.45, 7) is 3.43. The third-order valence-electron chi connectivity index (χ3n) is 3.27. The molecule has 2 aromatic rings. The Labute approximate surface area is 153 Å². The molecule has 2 aromatic carbocycles. The van der Waals surface area contributed by atoms with Gasteiger partial charge in [0, 0.05) is 15.2 Å². The minimum Gasteiger partial charge on any atom is -0.449 e. The molecule has 1 amide bonds. The average molecular weight is 412 g/mol. The molecule has 0 radical (unpaired) electrons. The molecule has 0 aromatic heterocycles. The molecule has 7 heteroatoms. The number of hydrogen-bond donors (Lipinski definition) is 2. The van der Waals surface area contributed by atoms with Crippen LogP contribution in [0.25, 0.3) is 0 Å². The smallest absolute Gasteiger partial charge is 0.341 e. The van der Waals surface area contributed by atoms with E-state index in [1.165, 1.54) is 25.1 Å². The highest BCUT2D eigenvalue weighted by Gasteiger charge is 2.21. The molecule has 2 rings (SSSR count). The third kappa shape index (κ3) is 4.49. The van der Waals surface area contributed by atoms with Gasteiger partial charge >= 0.3 is 5.97 Å². The Bertz CT molecular complexity index is 795. The number of amides is 1. The van der Waals surface area contributed by atoms with E-state index >= 15 is 0 Å². The minimum absolute atomic E-state index is 0.163. The number of ether oxygens (including phenoxy) is 1. The van der Waals surface area contributed by atoms with Gasteiger partial charge < -0.3 is 15.8 Å². The lowest BCUT2D eigenvalue weighted by Crippen LogP contribution is -2.30. The molecule has 1 atom stereocenters. The van der Waals surface area contributed by atoms with Crippen molar-refractivity contribution in [1.82, 2.24) is 0 Å². The van der Waals surface area contributed by atoms with Crippen LogP contribution in [0.4, 0.5) is 11.4 Å². The topological polar surface area (TPSA) is 81.4 Å². The maximum atomic E-state index is 12.2. The fourth-order valence-electron chi connectivity index (χ4n) is 1.95. The van der Waals surface area contributed by atoms with Gasteiger partial charge in [-0.2, -0.15) is 0 Å². The van der Waals surface area contributed by atoms with Crippen LogP contribution in [0.15, 0.2) is 40.9 Å². The van der Waals surface area contributed by atoms with Gasteiger partial charge in [0.05, 0.1) is 11.3 Å². The van der Waals surface area contributed by atoms with E-state index < -0.39 is 18.0 Å². The van der Waals surface area contributed by atoms with Gasteiger partial charge in [0.2, 0.25) is 0 Å². The first-order valence-electron chi connectivity index (χ1n) is 7.11. The number of carbonyl (C=O) groups is 2. The second-order valence-corrected chi connectivity index (χ2v) is 6.54. The molecule has 0 aliphatic heterocycles. The van der Waals surface area contributed by atoms with E-state index in [1.54, 1.807) is 6.07 Å². The molecular formula is C17H16BrClN2O3. The molecule has 0 bridgehead atoms. The summed E-state index contributed by atoms with van der Waals surface area (Å²) < 4.78 is 5.91. The van der Waals surface area contributed by atoms with Crippen LogP contribution < -0.4 is 11.1 Å². The monoisotopic (exact) mass is 410 g/mol. The van der Waals surface area contributed by atoms with Crippen molar-refractivity contribution in [3.8, 4) is 0 Å². The van der Waals surface area contributed by atoms with Crippen LogP contribution in [0.3, 0.4) is 0 Å². The molecule has 0 heterocycles. The van der Waals surface area contributed by atoms with Crippen LogP contribution in [0.5, 0.6) is 0 Å². The van der Waals surface area contributed by atoms with E-state index in [0.717, 1.165) is 10.0 Å². The number of hydrogen-bond acceptors (Lipinski definition) is 4. The number of halogens is 2. The van der Waals surface area contributed by atoms with Crippen molar-refractivity contribution in [2.24, 2.45) is 0 Å². The summed E-state index contributed by atoms with van der Waals surface area (Å²) >= 11 is 9.17. The lowest BCUT2D eigenvalue weighted by atomic mass is 10.2. The number of aryl methyl sites for hydroxylation is 1. The summed E-state index contributed by atoms with van der Waals surface area (Å²) in [6.07, 6.45) is -0.985. The predicted molar refractivity (Wildman–Crippen MR) is 98.3 cm³/mol. The number of benzene rings is 2. The number of rotatable bonds is 4. The Balaban J connectivity index is 2.04. The summed E-state index contributed by atoms with van der Waals surface area (Å²) in [7, 11) is 0. The van der Waals surface area contributed by atoms with Crippen molar-refractivity contribution in [3.05, 3.63) is 57.0 Å². The summed E-state index contributed by atoms with van der Waals surface area (Å²) in [4.78, 5) is 24.3. The zero-order chi connectivity index (χ0) is 17.9. The Morgan fingerprint density at radius 2 is 1.96 bits per heavy atom. The van der Waals surface area contributed by atoms with Gasteiger partial charge in [-0.15, -0.1) is 0 Å². The lowest BCUT2D eigenvalue weighted by Gasteiger charge is -2.15. The van der Waals surface area contributed by atoms with Crippen molar-refractivity contribution < 1.29 is 14.3 Å².